The van der Waals surface area contributed by atoms with Crippen molar-refractivity contribution in [2.45, 2.75) is 26.8 Å². The summed E-state index contributed by atoms with van der Waals surface area (Å²) in [5, 5.41) is 0. The predicted molar refractivity (Wildman–Crippen MR) is 114 cm³/mol. The number of aromatic nitrogens is 5. The number of hydrogen-bond acceptors (Lipinski definition) is 6. The first kappa shape index (κ1) is 20.5. The van der Waals surface area contributed by atoms with Gasteiger partial charge in [0, 0.05) is 25.5 Å². The summed E-state index contributed by atoms with van der Waals surface area (Å²) >= 11 is 0. The Morgan fingerprint density at radius 1 is 1.19 bits per heavy atom. The Balaban J connectivity index is 1.96. The van der Waals surface area contributed by atoms with Crippen LogP contribution in [0.1, 0.15) is 19.0 Å². The van der Waals surface area contributed by atoms with E-state index >= 15 is 0 Å². The molecule has 10 nitrogen and oxygen atoms in total. The Morgan fingerprint density at radius 2 is 1.94 bits per heavy atom. The number of para-hydroxylation sites is 2. The molecule has 0 saturated heterocycles. The number of esters is 1. The molecule has 0 atom stereocenters. The summed E-state index contributed by atoms with van der Waals surface area (Å²) in [6, 6.07) is 7.48. The standard InChI is InChI=1S/C21H23N5O5/c1-5-31-16(27)10-11-24-19(28)17-18(23(3)21(24)29)22-20-25(17)12-13(2)26(20)14-8-6-7-9-15(14)30-4/h6-9,12H,5,10-11H2,1-4H3. The maximum Gasteiger partial charge on any atom is 0.332 e. The normalized spacial score (nSPS) is 11.4. The molecule has 0 fully saturated rings. The molecule has 1 aromatic carbocycles. The average molecular weight is 425 g/mol. The van der Waals surface area contributed by atoms with Gasteiger partial charge in [-0.2, -0.15) is 4.98 Å². The first-order valence-corrected chi connectivity index (χ1v) is 9.88. The second kappa shape index (κ2) is 7.78. The minimum absolute atomic E-state index is 0.0697. The zero-order valence-electron chi connectivity index (χ0n) is 17.8. The molecule has 0 saturated carbocycles. The van der Waals surface area contributed by atoms with Crippen molar-refractivity contribution in [2.24, 2.45) is 7.05 Å². The van der Waals surface area contributed by atoms with Crippen molar-refractivity contribution < 1.29 is 14.3 Å². The number of aryl methyl sites for hydroxylation is 2. The second-order valence-electron chi connectivity index (χ2n) is 7.09. The molecule has 3 aromatic heterocycles. The summed E-state index contributed by atoms with van der Waals surface area (Å²) in [5.74, 6) is 0.664. The van der Waals surface area contributed by atoms with Crippen LogP contribution in [0.5, 0.6) is 5.75 Å². The number of methoxy groups -OCH3 is 1. The fourth-order valence-electron chi connectivity index (χ4n) is 3.76. The molecular formula is C21H23N5O5. The molecule has 0 N–H and O–H groups in total. The van der Waals surface area contributed by atoms with E-state index in [4.69, 9.17) is 9.47 Å². The molecule has 0 unspecified atom stereocenters. The summed E-state index contributed by atoms with van der Waals surface area (Å²) in [5.41, 5.74) is 1.08. The van der Waals surface area contributed by atoms with Gasteiger partial charge in [-0.25, -0.2) is 4.79 Å². The molecule has 0 aliphatic carbocycles. The number of ether oxygens (including phenoxy) is 2. The zero-order valence-corrected chi connectivity index (χ0v) is 17.8. The topological polar surface area (TPSA) is 102 Å². The number of fused-ring (bicyclic) bond motifs is 3. The van der Waals surface area contributed by atoms with Crippen molar-refractivity contribution >= 4 is 22.9 Å². The van der Waals surface area contributed by atoms with Crippen LogP contribution in [-0.2, 0) is 23.1 Å². The van der Waals surface area contributed by atoms with Crippen molar-refractivity contribution in [3.05, 3.63) is 57.0 Å². The Hall–Kier alpha value is -3.82. The lowest BCUT2D eigenvalue weighted by atomic mass is 10.3. The molecule has 4 aromatic rings. The number of carbonyl (C=O) groups is 1. The molecule has 0 aliphatic heterocycles. The highest BCUT2D eigenvalue weighted by Gasteiger charge is 2.22. The van der Waals surface area contributed by atoms with E-state index in [2.05, 4.69) is 4.98 Å². The van der Waals surface area contributed by atoms with Gasteiger partial charge < -0.3 is 9.47 Å². The van der Waals surface area contributed by atoms with Gasteiger partial charge in [-0.3, -0.25) is 27.7 Å². The molecule has 3 heterocycles. The molecular weight excluding hydrogens is 402 g/mol. The van der Waals surface area contributed by atoms with E-state index < -0.39 is 17.2 Å². The van der Waals surface area contributed by atoms with Crippen LogP contribution in [0.15, 0.2) is 40.1 Å². The third kappa shape index (κ3) is 3.20. The Bertz CT molecular complexity index is 1420. The zero-order chi connectivity index (χ0) is 22.3. The van der Waals surface area contributed by atoms with Gasteiger partial charge in [0.15, 0.2) is 11.2 Å². The van der Waals surface area contributed by atoms with E-state index in [1.165, 1.54) is 4.57 Å². The lowest BCUT2D eigenvalue weighted by Crippen LogP contribution is -2.39. The van der Waals surface area contributed by atoms with E-state index in [1.807, 2.05) is 35.8 Å². The molecule has 0 bridgehead atoms. The Morgan fingerprint density at radius 3 is 2.65 bits per heavy atom. The highest BCUT2D eigenvalue weighted by molar-refractivity contribution is 5.77. The molecule has 162 valence electrons. The van der Waals surface area contributed by atoms with Crippen LogP contribution in [0.25, 0.3) is 22.6 Å². The monoisotopic (exact) mass is 425 g/mol. The van der Waals surface area contributed by atoms with Gasteiger partial charge in [0.2, 0.25) is 5.78 Å². The molecule has 31 heavy (non-hydrogen) atoms. The highest BCUT2D eigenvalue weighted by atomic mass is 16.5. The van der Waals surface area contributed by atoms with Crippen LogP contribution >= 0.6 is 0 Å². The third-order valence-corrected chi connectivity index (χ3v) is 5.20. The van der Waals surface area contributed by atoms with E-state index in [-0.39, 0.29) is 30.7 Å². The number of imidazole rings is 2. The lowest BCUT2D eigenvalue weighted by Gasteiger charge is -2.10. The van der Waals surface area contributed by atoms with Crippen LogP contribution in [-0.4, -0.2) is 42.8 Å². The summed E-state index contributed by atoms with van der Waals surface area (Å²) in [6.45, 7) is 3.77. The van der Waals surface area contributed by atoms with Crippen LogP contribution in [0.3, 0.4) is 0 Å². The fourth-order valence-corrected chi connectivity index (χ4v) is 3.76. The third-order valence-electron chi connectivity index (χ3n) is 5.20. The number of carbonyl (C=O) groups excluding carboxylic acids is 1. The summed E-state index contributed by atoms with van der Waals surface area (Å²) in [7, 11) is 3.14. The van der Waals surface area contributed by atoms with E-state index in [0.29, 0.717) is 11.5 Å². The molecule has 0 radical (unpaired) electrons. The molecule has 10 heteroatoms. The first-order chi connectivity index (χ1) is 14.9. The van der Waals surface area contributed by atoms with Gasteiger partial charge in [-0.1, -0.05) is 12.1 Å². The van der Waals surface area contributed by atoms with Crippen molar-refractivity contribution in [1.29, 1.82) is 0 Å². The predicted octanol–water partition coefficient (Wildman–Crippen LogP) is 1.41. The van der Waals surface area contributed by atoms with Crippen LogP contribution < -0.4 is 16.0 Å². The fraction of sp³-hybridized carbons (Fsp3) is 0.333. The second-order valence-corrected chi connectivity index (χ2v) is 7.09. The maximum atomic E-state index is 13.2. The number of rotatable bonds is 6. The minimum Gasteiger partial charge on any atom is -0.495 e. The number of benzene rings is 1. The maximum absolute atomic E-state index is 13.2. The molecule has 4 rings (SSSR count). The first-order valence-electron chi connectivity index (χ1n) is 9.88. The highest BCUT2D eigenvalue weighted by Crippen LogP contribution is 2.27. The van der Waals surface area contributed by atoms with E-state index in [1.54, 1.807) is 31.7 Å². The number of nitrogens with zero attached hydrogens (tertiary/aromatic N) is 5. The Kier molecular flexibility index (Phi) is 5.14. The van der Waals surface area contributed by atoms with Gasteiger partial charge in [-0.15, -0.1) is 0 Å². The summed E-state index contributed by atoms with van der Waals surface area (Å²) in [6.07, 6.45) is 1.72. The van der Waals surface area contributed by atoms with Gasteiger partial charge in [0.1, 0.15) is 5.75 Å². The molecule has 0 aliphatic rings. The van der Waals surface area contributed by atoms with E-state index in [0.717, 1.165) is 15.9 Å². The van der Waals surface area contributed by atoms with Gasteiger partial charge >= 0.3 is 11.7 Å². The van der Waals surface area contributed by atoms with Crippen LogP contribution in [0, 0.1) is 6.92 Å². The SMILES string of the molecule is CCOC(=O)CCn1c(=O)c2c(nc3n(-c4ccccc4OC)c(C)cn23)n(C)c1=O. The smallest absolute Gasteiger partial charge is 0.332 e. The lowest BCUT2D eigenvalue weighted by molar-refractivity contribution is -0.143. The van der Waals surface area contributed by atoms with Crippen molar-refractivity contribution in [2.75, 3.05) is 13.7 Å². The largest absolute Gasteiger partial charge is 0.495 e. The quantitative estimate of drug-likeness (QED) is 0.433. The molecule has 0 amide bonds. The van der Waals surface area contributed by atoms with Crippen LogP contribution in [0.2, 0.25) is 0 Å². The number of hydrogen-bond donors (Lipinski definition) is 0. The summed E-state index contributed by atoms with van der Waals surface area (Å²) < 4.78 is 16.3. The van der Waals surface area contributed by atoms with E-state index in [9.17, 15) is 14.4 Å². The van der Waals surface area contributed by atoms with Crippen molar-refractivity contribution in [3.63, 3.8) is 0 Å². The van der Waals surface area contributed by atoms with Crippen molar-refractivity contribution in [3.8, 4) is 11.4 Å². The Labute approximate surface area is 176 Å². The van der Waals surface area contributed by atoms with Crippen molar-refractivity contribution in [1.82, 2.24) is 23.1 Å². The van der Waals surface area contributed by atoms with Crippen LogP contribution in [0.4, 0.5) is 0 Å². The average Bonchev–Trinajstić information content (AvgIpc) is 3.26. The minimum atomic E-state index is -0.539. The summed E-state index contributed by atoms with van der Waals surface area (Å²) in [4.78, 5) is 42.4. The van der Waals surface area contributed by atoms with Gasteiger partial charge in [-0.05, 0) is 26.0 Å². The molecule has 0 spiro atoms. The van der Waals surface area contributed by atoms with Gasteiger partial charge in [0.25, 0.3) is 5.56 Å². The van der Waals surface area contributed by atoms with Gasteiger partial charge in [0.05, 0.1) is 25.8 Å².